The molecule has 2 N–H and O–H groups in total. The molecule has 1 fully saturated rings. The number of aromatic amines is 1. The second-order valence-corrected chi connectivity index (χ2v) is 6.98. The number of amides is 1. The van der Waals surface area contributed by atoms with Crippen molar-refractivity contribution in [3.63, 3.8) is 0 Å². The number of aromatic nitrogens is 4. The van der Waals surface area contributed by atoms with Crippen LogP contribution in [0.4, 0.5) is 0 Å². The molecular formula is C19H20Cl2N6O2. The minimum absolute atomic E-state index is 0. The van der Waals surface area contributed by atoms with Crippen molar-refractivity contribution in [3.8, 4) is 5.82 Å². The van der Waals surface area contributed by atoms with Crippen molar-refractivity contribution in [2.45, 2.75) is 13.0 Å². The highest BCUT2D eigenvalue weighted by atomic mass is 35.5. The van der Waals surface area contributed by atoms with Gasteiger partial charge < -0.3 is 10.2 Å². The maximum atomic E-state index is 13.3. The summed E-state index contributed by atoms with van der Waals surface area (Å²) in [6.07, 6.45) is 1.54. The normalized spacial score (nSPS) is 16.3. The number of halogens is 2. The number of nitrogens with one attached hydrogen (secondary N) is 2. The largest absolute Gasteiger partial charge is 0.329 e. The zero-order chi connectivity index (χ0) is 19.7. The Morgan fingerprint density at radius 3 is 2.76 bits per heavy atom. The lowest BCUT2D eigenvalue weighted by molar-refractivity contribution is 0.0633. The summed E-state index contributed by atoms with van der Waals surface area (Å²) in [7, 11) is 0. The highest BCUT2D eigenvalue weighted by molar-refractivity contribution is 6.31. The molecule has 0 aliphatic carbocycles. The molecule has 29 heavy (non-hydrogen) atoms. The van der Waals surface area contributed by atoms with E-state index in [-0.39, 0.29) is 29.9 Å². The third-order valence-corrected chi connectivity index (χ3v) is 5.23. The molecule has 10 heteroatoms. The monoisotopic (exact) mass is 434 g/mol. The summed E-state index contributed by atoms with van der Waals surface area (Å²) in [5.74, 6) is 0.332. The Labute approximate surface area is 178 Å². The Morgan fingerprint density at radius 1 is 1.24 bits per heavy atom. The number of nitrogens with zero attached hydrogens (tertiary/aromatic N) is 4. The van der Waals surface area contributed by atoms with Gasteiger partial charge in [-0.1, -0.05) is 29.8 Å². The van der Waals surface area contributed by atoms with E-state index in [1.807, 2.05) is 29.2 Å². The average Bonchev–Trinajstić information content (AvgIpc) is 3.10. The molecule has 8 nitrogen and oxygen atoms in total. The molecule has 1 saturated heterocycles. The first-order valence-corrected chi connectivity index (χ1v) is 9.31. The number of hydrogen-bond acceptors (Lipinski definition) is 5. The Balaban J connectivity index is 0.00000240. The minimum atomic E-state index is -0.298. The maximum Gasteiger partial charge on any atom is 0.264 e. The van der Waals surface area contributed by atoms with Gasteiger partial charge in [-0.2, -0.15) is 10.2 Å². The summed E-state index contributed by atoms with van der Waals surface area (Å²) in [4.78, 5) is 26.4. The topological polar surface area (TPSA) is 95.9 Å². The van der Waals surface area contributed by atoms with Crippen LogP contribution in [0.15, 0.2) is 47.4 Å². The van der Waals surface area contributed by atoms with Crippen LogP contribution in [0.25, 0.3) is 5.82 Å². The van der Waals surface area contributed by atoms with Crippen molar-refractivity contribution in [1.82, 2.24) is 30.2 Å². The second-order valence-electron chi connectivity index (χ2n) is 6.57. The highest BCUT2D eigenvalue weighted by Gasteiger charge is 2.31. The number of piperazine rings is 1. The first-order chi connectivity index (χ1) is 13.6. The van der Waals surface area contributed by atoms with Crippen molar-refractivity contribution in [2.24, 2.45) is 0 Å². The molecule has 0 radical (unpaired) electrons. The molecule has 1 aromatic carbocycles. The van der Waals surface area contributed by atoms with Gasteiger partial charge in [-0.05, 0) is 24.6 Å². The molecule has 1 atom stereocenters. The zero-order valence-corrected chi connectivity index (χ0v) is 17.2. The third kappa shape index (κ3) is 4.05. The summed E-state index contributed by atoms with van der Waals surface area (Å²) < 4.78 is 1.54. The summed E-state index contributed by atoms with van der Waals surface area (Å²) >= 11 is 6.38. The lowest BCUT2D eigenvalue weighted by Crippen LogP contribution is -2.48. The smallest absolute Gasteiger partial charge is 0.264 e. The molecular weight excluding hydrogens is 415 g/mol. The predicted octanol–water partition coefficient (Wildman–Crippen LogP) is 2.13. The summed E-state index contributed by atoms with van der Waals surface area (Å²) in [6, 6.07) is 10.3. The van der Waals surface area contributed by atoms with Gasteiger partial charge in [0.15, 0.2) is 5.82 Å². The summed E-state index contributed by atoms with van der Waals surface area (Å²) in [6.45, 7) is 3.71. The number of benzene rings is 1. The number of carbonyl (C=O) groups excluding carboxylic acids is 1. The number of hydrogen-bond donors (Lipinski definition) is 2. The van der Waals surface area contributed by atoms with Gasteiger partial charge in [0, 0.05) is 30.7 Å². The molecule has 2 aromatic heterocycles. The highest BCUT2D eigenvalue weighted by Crippen LogP contribution is 2.30. The lowest BCUT2D eigenvalue weighted by atomic mass is 10.0. The van der Waals surface area contributed by atoms with Gasteiger partial charge >= 0.3 is 0 Å². The van der Waals surface area contributed by atoms with E-state index in [1.54, 1.807) is 13.0 Å². The molecule has 1 aliphatic heterocycles. The van der Waals surface area contributed by atoms with Crippen molar-refractivity contribution in [1.29, 1.82) is 0 Å². The Hall–Kier alpha value is -2.68. The van der Waals surface area contributed by atoms with E-state index >= 15 is 0 Å². The summed E-state index contributed by atoms with van der Waals surface area (Å²) in [5, 5.41) is 14.6. The van der Waals surface area contributed by atoms with Crippen LogP contribution < -0.4 is 10.9 Å². The fraction of sp³-hybridized carbons (Fsp3) is 0.263. The van der Waals surface area contributed by atoms with Crippen LogP contribution in [0.1, 0.15) is 27.7 Å². The van der Waals surface area contributed by atoms with Gasteiger partial charge in [-0.15, -0.1) is 12.4 Å². The maximum absolute atomic E-state index is 13.3. The third-order valence-electron chi connectivity index (χ3n) is 4.89. The van der Waals surface area contributed by atoms with Crippen LogP contribution >= 0.6 is 24.0 Å². The predicted molar refractivity (Wildman–Crippen MR) is 112 cm³/mol. The van der Waals surface area contributed by atoms with Gasteiger partial charge in [-0.25, -0.2) is 9.78 Å². The lowest BCUT2D eigenvalue weighted by Gasteiger charge is -2.37. The van der Waals surface area contributed by atoms with Gasteiger partial charge in [0.1, 0.15) is 0 Å². The van der Waals surface area contributed by atoms with E-state index in [0.717, 1.165) is 5.56 Å². The quantitative estimate of drug-likeness (QED) is 0.657. The average molecular weight is 435 g/mol. The molecule has 0 bridgehead atoms. The van der Waals surface area contributed by atoms with Crippen LogP contribution in [0.2, 0.25) is 5.02 Å². The number of H-pyrrole nitrogens is 1. The van der Waals surface area contributed by atoms with E-state index in [2.05, 4.69) is 20.6 Å². The van der Waals surface area contributed by atoms with Crippen molar-refractivity contribution in [2.75, 3.05) is 19.6 Å². The van der Waals surface area contributed by atoms with Gasteiger partial charge in [0.25, 0.3) is 11.5 Å². The molecule has 0 spiro atoms. The Bertz CT molecular complexity index is 1060. The second kappa shape index (κ2) is 8.77. The zero-order valence-electron chi connectivity index (χ0n) is 15.6. The van der Waals surface area contributed by atoms with E-state index in [4.69, 9.17) is 11.6 Å². The Kier molecular flexibility index (Phi) is 6.36. The van der Waals surface area contributed by atoms with Gasteiger partial charge in [0.2, 0.25) is 0 Å². The molecule has 1 aliphatic rings. The molecule has 152 valence electrons. The molecule has 1 unspecified atom stereocenters. The van der Waals surface area contributed by atoms with Gasteiger partial charge in [0.05, 0.1) is 23.5 Å². The van der Waals surface area contributed by atoms with Crippen LogP contribution in [0.5, 0.6) is 0 Å². The van der Waals surface area contributed by atoms with Crippen LogP contribution in [0.3, 0.4) is 0 Å². The van der Waals surface area contributed by atoms with E-state index < -0.39 is 0 Å². The van der Waals surface area contributed by atoms with Crippen LogP contribution in [-0.4, -0.2) is 50.4 Å². The van der Waals surface area contributed by atoms with Crippen molar-refractivity contribution >= 4 is 29.9 Å². The SMILES string of the molecule is Cc1c(C(=O)N2CCNCC2c2ccccc2Cl)cnn1-c1ccc(=O)[nH]n1.Cl. The number of rotatable bonds is 3. The molecule has 1 amide bonds. The van der Waals surface area contributed by atoms with Crippen LogP contribution in [-0.2, 0) is 0 Å². The van der Waals surface area contributed by atoms with Crippen molar-refractivity contribution < 1.29 is 4.79 Å². The fourth-order valence-electron chi connectivity index (χ4n) is 3.43. The Morgan fingerprint density at radius 2 is 2.03 bits per heavy atom. The number of carbonyl (C=O) groups is 1. The van der Waals surface area contributed by atoms with Crippen molar-refractivity contribution in [3.05, 3.63) is 74.8 Å². The molecule has 3 heterocycles. The first-order valence-electron chi connectivity index (χ1n) is 8.93. The molecule has 4 rings (SSSR count). The van der Waals surface area contributed by atoms with E-state index in [9.17, 15) is 9.59 Å². The summed E-state index contributed by atoms with van der Waals surface area (Å²) in [5.41, 5.74) is 1.76. The van der Waals surface area contributed by atoms with Gasteiger partial charge in [-0.3, -0.25) is 9.59 Å². The van der Waals surface area contributed by atoms with E-state index in [0.29, 0.717) is 41.7 Å². The van der Waals surface area contributed by atoms with Crippen LogP contribution in [0, 0.1) is 6.92 Å². The standard InChI is InChI=1S/C19H19ClN6O2.ClH/c1-12-14(10-22-26(12)17-6-7-18(27)24-23-17)19(28)25-9-8-21-11-16(25)13-4-2-3-5-15(13)20;/h2-7,10,16,21H,8-9,11H2,1H3,(H,24,27);1H. The van der Waals surface area contributed by atoms with E-state index in [1.165, 1.54) is 16.9 Å². The first kappa shape index (κ1) is 21.0. The molecule has 0 saturated carbocycles. The molecule has 3 aromatic rings. The minimum Gasteiger partial charge on any atom is -0.329 e. The fourth-order valence-corrected chi connectivity index (χ4v) is 3.69.